The van der Waals surface area contributed by atoms with Crippen molar-refractivity contribution in [1.82, 2.24) is 4.90 Å². The zero-order valence-electron chi connectivity index (χ0n) is 12.9. The minimum atomic E-state index is 0.608. The molecule has 0 bridgehead atoms. The third-order valence-electron chi connectivity index (χ3n) is 4.88. The molecule has 1 aromatic rings. The number of rotatable bonds is 3. The molecule has 2 unspecified atom stereocenters. The van der Waals surface area contributed by atoms with E-state index in [1.165, 1.54) is 31.6 Å². The number of anilines is 1. The zero-order chi connectivity index (χ0) is 14.1. The molecule has 0 N–H and O–H groups in total. The van der Waals surface area contributed by atoms with Gasteiger partial charge in [-0.25, -0.2) is 0 Å². The van der Waals surface area contributed by atoms with Crippen LogP contribution in [0.15, 0.2) is 24.3 Å². The van der Waals surface area contributed by atoms with Gasteiger partial charge in [0.1, 0.15) is 5.75 Å². The smallest absolute Gasteiger partial charge is 0.120 e. The maximum atomic E-state index is 5.39. The summed E-state index contributed by atoms with van der Waals surface area (Å²) in [4.78, 5) is 5.31. The summed E-state index contributed by atoms with van der Waals surface area (Å²) in [6.07, 6.45) is 2.71. The molecule has 2 fully saturated rings. The van der Waals surface area contributed by atoms with E-state index in [2.05, 4.69) is 41.8 Å². The van der Waals surface area contributed by atoms with Crippen molar-refractivity contribution >= 4 is 5.69 Å². The fourth-order valence-corrected chi connectivity index (χ4v) is 3.70. The van der Waals surface area contributed by atoms with Crippen LogP contribution in [-0.4, -0.2) is 43.7 Å². The van der Waals surface area contributed by atoms with Crippen LogP contribution in [0.25, 0.3) is 0 Å². The molecule has 0 aliphatic carbocycles. The van der Waals surface area contributed by atoms with Gasteiger partial charge in [-0.3, -0.25) is 4.90 Å². The van der Waals surface area contributed by atoms with Crippen LogP contribution in [-0.2, 0) is 0 Å². The predicted octanol–water partition coefficient (Wildman–Crippen LogP) is 3.00. The monoisotopic (exact) mass is 274 g/mol. The van der Waals surface area contributed by atoms with Crippen LogP contribution in [0.3, 0.4) is 0 Å². The van der Waals surface area contributed by atoms with E-state index in [0.29, 0.717) is 12.0 Å². The predicted molar refractivity (Wildman–Crippen MR) is 83.6 cm³/mol. The number of hydrogen-bond acceptors (Lipinski definition) is 3. The molecule has 2 aliphatic rings. The molecular formula is C17H26N2O. The summed E-state index contributed by atoms with van der Waals surface area (Å²) < 4.78 is 5.39. The Kier molecular flexibility index (Phi) is 3.88. The first-order valence-electron chi connectivity index (χ1n) is 7.84. The fourth-order valence-electron chi connectivity index (χ4n) is 3.70. The molecule has 1 aromatic carbocycles. The number of methoxy groups -OCH3 is 1. The summed E-state index contributed by atoms with van der Waals surface area (Å²) in [5, 5.41) is 0. The van der Waals surface area contributed by atoms with Crippen LogP contribution in [0.5, 0.6) is 5.75 Å². The molecule has 0 radical (unpaired) electrons. The summed E-state index contributed by atoms with van der Waals surface area (Å²) in [5.41, 5.74) is 1.31. The van der Waals surface area contributed by atoms with E-state index in [9.17, 15) is 0 Å². The van der Waals surface area contributed by atoms with Crippen molar-refractivity contribution in [3.05, 3.63) is 24.3 Å². The standard InChI is InChI=1S/C17H26N2O/c1-13(2)17-12-18-9-5-7-15(18)11-19(17)14-6-4-8-16(10-14)20-3/h4,6,8,10,13,15,17H,5,7,9,11-12H2,1-3H3. The van der Waals surface area contributed by atoms with Crippen molar-refractivity contribution in [2.75, 3.05) is 31.6 Å². The fraction of sp³-hybridized carbons (Fsp3) is 0.647. The Morgan fingerprint density at radius 3 is 2.85 bits per heavy atom. The Labute approximate surface area is 122 Å². The highest BCUT2D eigenvalue weighted by Crippen LogP contribution is 2.32. The molecule has 2 aliphatic heterocycles. The lowest BCUT2D eigenvalue weighted by Gasteiger charge is -2.46. The molecule has 2 saturated heterocycles. The molecule has 0 amide bonds. The molecule has 3 rings (SSSR count). The molecule has 3 nitrogen and oxygen atoms in total. The van der Waals surface area contributed by atoms with Crippen LogP contribution in [0.4, 0.5) is 5.69 Å². The Morgan fingerprint density at radius 2 is 2.10 bits per heavy atom. The molecule has 20 heavy (non-hydrogen) atoms. The van der Waals surface area contributed by atoms with Crippen molar-refractivity contribution in [3.63, 3.8) is 0 Å². The minimum absolute atomic E-state index is 0.608. The average Bonchev–Trinajstić information content (AvgIpc) is 2.93. The van der Waals surface area contributed by atoms with Gasteiger partial charge in [0, 0.05) is 36.9 Å². The molecule has 0 saturated carbocycles. The minimum Gasteiger partial charge on any atom is -0.497 e. The van der Waals surface area contributed by atoms with E-state index < -0.39 is 0 Å². The highest BCUT2D eigenvalue weighted by atomic mass is 16.5. The van der Waals surface area contributed by atoms with E-state index in [0.717, 1.165) is 18.3 Å². The molecular weight excluding hydrogens is 248 g/mol. The van der Waals surface area contributed by atoms with Gasteiger partial charge in [-0.1, -0.05) is 19.9 Å². The third kappa shape index (κ3) is 2.51. The lowest BCUT2D eigenvalue weighted by Crippen LogP contribution is -2.58. The molecule has 3 heteroatoms. The highest BCUT2D eigenvalue weighted by Gasteiger charge is 2.37. The number of hydrogen-bond donors (Lipinski definition) is 0. The van der Waals surface area contributed by atoms with Crippen molar-refractivity contribution in [2.24, 2.45) is 5.92 Å². The topological polar surface area (TPSA) is 15.7 Å². The van der Waals surface area contributed by atoms with Gasteiger partial charge in [0.05, 0.1) is 7.11 Å². The van der Waals surface area contributed by atoms with Crippen molar-refractivity contribution in [2.45, 2.75) is 38.8 Å². The van der Waals surface area contributed by atoms with Gasteiger partial charge < -0.3 is 9.64 Å². The molecule has 0 aromatic heterocycles. The lowest BCUT2D eigenvalue weighted by atomic mass is 9.96. The second kappa shape index (κ2) is 5.65. The Morgan fingerprint density at radius 1 is 1.25 bits per heavy atom. The van der Waals surface area contributed by atoms with Crippen LogP contribution < -0.4 is 9.64 Å². The second-order valence-corrected chi connectivity index (χ2v) is 6.46. The summed E-state index contributed by atoms with van der Waals surface area (Å²) in [6.45, 7) is 8.35. The molecule has 0 spiro atoms. The average molecular weight is 274 g/mol. The van der Waals surface area contributed by atoms with Crippen molar-refractivity contribution < 1.29 is 4.74 Å². The Bertz CT molecular complexity index is 460. The summed E-state index contributed by atoms with van der Waals surface area (Å²) in [6, 6.07) is 9.89. The van der Waals surface area contributed by atoms with Gasteiger partial charge in [0.2, 0.25) is 0 Å². The van der Waals surface area contributed by atoms with Crippen LogP contribution in [0, 0.1) is 5.92 Å². The first-order valence-corrected chi connectivity index (χ1v) is 7.84. The second-order valence-electron chi connectivity index (χ2n) is 6.46. The normalized spacial score (nSPS) is 26.9. The van der Waals surface area contributed by atoms with Gasteiger partial charge in [0.15, 0.2) is 0 Å². The molecule has 2 atom stereocenters. The Hall–Kier alpha value is -1.22. The maximum absolute atomic E-state index is 5.39. The van der Waals surface area contributed by atoms with Crippen LogP contribution >= 0.6 is 0 Å². The van der Waals surface area contributed by atoms with Crippen LogP contribution in [0.2, 0.25) is 0 Å². The van der Waals surface area contributed by atoms with E-state index in [1.807, 2.05) is 6.07 Å². The SMILES string of the molecule is COc1cccc(N2CC3CCCN3CC2C(C)C)c1. The van der Waals surface area contributed by atoms with Gasteiger partial charge in [0.25, 0.3) is 0 Å². The van der Waals surface area contributed by atoms with E-state index in [1.54, 1.807) is 7.11 Å². The number of benzene rings is 1. The van der Waals surface area contributed by atoms with Gasteiger partial charge in [-0.15, -0.1) is 0 Å². The number of ether oxygens (including phenoxy) is 1. The quantitative estimate of drug-likeness (QED) is 0.842. The molecule has 2 heterocycles. The highest BCUT2D eigenvalue weighted by molar-refractivity contribution is 5.52. The summed E-state index contributed by atoms with van der Waals surface area (Å²) in [7, 11) is 1.74. The van der Waals surface area contributed by atoms with E-state index in [4.69, 9.17) is 4.74 Å². The summed E-state index contributed by atoms with van der Waals surface area (Å²) >= 11 is 0. The maximum Gasteiger partial charge on any atom is 0.120 e. The Balaban J connectivity index is 1.87. The lowest BCUT2D eigenvalue weighted by molar-refractivity contribution is 0.176. The number of fused-ring (bicyclic) bond motifs is 1. The van der Waals surface area contributed by atoms with Gasteiger partial charge >= 0.3 is 0 Å². The van der Waals surface area contributed by atoms with Crippen LogP contribution in [0.1, 0.15) is 26.7 Å². The number of piperazine rings is 1. The molecule has 110 valence electrons. The zero-order valence-corrected chi connectivity index (χ0v) is 12.9. The van der Waals surface area contributed by atoms with E-state index in [-0.39, 0.29) is 0 Å². The summed E-state index contributed by atoms with van der Waals surface area (Å²) in [5.74, 6) is 1.63. The van der Waals surface area contributed by atoms with Crippen molar-refractivity contribution in [1.29, 1.82) is 0 Å². The van der Waals surface area contributed by atoms with Crippen molar-refractivity contribution in [3.8, 4) is 5.75 Å². The van der Waals surface area contributed by atoms with Gasteiger partial charge in [-0.05, 0) is 37.4 Å². The first-order chi connectivity index (χ1) is 9.69. The number of nitrogens with zero attached hydrogens (tertiary/aromatic N) is 2. The first kappa shape index (κ1) is 13.7. The third-order valence-corrected chi connectivity index (χ3v) is 4.88. The largest absolute Gasteiger partial charge is 0.497 e. The van der Waals surface area contributed by atoms with E-state index >= 15 is 0 Å². The van der Waals surface area contributed by atoms with Gasteiger partial charge in [-0.2, -0.15) is 0 Å².